The summed E-state index contributed by atoms with van der Waals surface area (Å²) in [5, 5.41) is 2.96. The second-order valence-corrected chi connectivity index (χ2v) is 4.36. The first-order valence-electron chi connectivity index (χ1n) is 4.74. The van der Waals surface area contributed by atoms with Crippen LogP contribution in [0.1, 0.15) is 19.2 Å². The third kappa shape index (κ3) is 4.50. The zero-order chi connectivity index (χ0) is 12.2. The molecule has 0 aliphatic rings. The predicted octanol–water partition coefficient (Wildman–Crippen LogP) is 3.01. The minimum Gasteiger partial charge on any atom is -0.369 e. The van der Waals surface area contributed by atoms with Crippen molar-refractivity contribution in [2.45, 2.75) is 25.9 Å². The smallest absolute Gasteiger partial charge is 0.369 e. The number of hydrogen-bond donors (Lipinski definition) is 1. The van der Waals surface area contributed by atoms with Gasteiger partial charge in [-0.25, -0.2) is 9.97 Å². The molecule has 0 saturated carbocycles. The van der Waals surface area contributed by atoms with E-state index in [1.807, 2.05) is 29.5 Å². The lowest BCUT2D eigenvalue weighted by atomic mass is 10.4. The third-order valence-electron chi connectivity index (χ3n) is 1.70. The fraction of sp³-hybridized carbons (Fsp3) is 0.556. The van der Waals surface area contributed by atoms with Crippen LogP contribution in [-0.4, -0.2) is 22.7 Å². The van der Waals surface area contributed by atoms with Crippen molar-refractivity contribution in [3.05, 3.63) is 15.6 Å². The standard InChI is InChI=1S/C9H11F3IN3/c1-2-3-14-8-6(13)5-15-7(16-8)4-9(10,11)12/h5H,2-4H2,1H3,(H,14,15,16). The highest BCUT2D eigenvalue weighted by Crippen LogP contribution is 2.21. The van der Waals surface area contributed by atoms with Crippen LogP contribution in [0, 0.1) is 3.57 Å². The van der Waals surface area contributed by atoms with Gasteiger partial charge in [-0.3, -0.25) is 0 Å². The lowest BCUT2D eigenvalue weighted by molar-refractivity contribution is -0.128. The van der Waals surface area contributed by atoms with Crippen LogP contribution < -0.4 is 5.32 Å². The predicted molar refractivity (Wildman–Crippen MR) is 63.3 cm³/mol. The molecule has 0 radical (unpaired) electrons. The number of alkyl halides is 3. The van der Waals surface area contributed by atoms with Crippen molar-refractivity contribution in [2.75, 3.05) is 11.9 Å². The van der Waals surface area contributed by atoms with Crippen LogP contribution in [0.4, 0.5) is 19.0 Å². The van der Waals surface area contributed by atoms with Crippen molar-refractivity contribution in [2.24, 2.45) is 0 Å². The van der Waals surface area contributed by atoms with Crippen LogP contribution in [0.25, 0.3) is 0 Å². The van der Waals surface area contributed by atoms with Crippen LogP contribution in [0.2, 0.25) is 0 Å². The number of hydrogen-bond acceptors (Lipinski definition) is 3. The molecule has 1 aromatic rings. The zero-order valence-corrected chi connectivity index (χ0v) is 10.8. The van der Waals surface area contributed by atoms with Crippen LogP contribution in [0.15, 0.2) is 6.20 Å². The topological polar surface area (TPSA) is 37.8 Å². The minimum atomic E-state index is -4.27. The molecular weight excluding hydrogens is 334 g/mol. The molecule has 1 heterocycles. The van der Waals surface area contributed by atoms with E-state index in [-0.39, 0.29) is 5.82 Å². The fourth-order valence-electron chi connectivity index (χ4n) is 1.04. The first-order chi connectivity index (χ1) is 7.42. The molecule has 1 rings (SSSR count). The molecule has 16 heavy (non-hydrogen) atoms. The van der Waals surface area contributed by atoms with Crippen molar-refractivity contribution in [1.29, 1.82) is 0 Å². The number of halogens is 4. The van der Waals surface area contributed by atoms with Gasteiger partial charge in [0.2, 0.25) is 0 Å². The van der Waals surface area contributed by atoms with E-state index in [9.17, 15) is 13.2 Å². The molecule has 0 aliphatic heterocycles. The number of anilines is 1. The molecule has 0 aliphatic carbocycles. The molecule has 0 unspecified atom stereocenters. The maximum Gasteiger partial charge on any atom is 0.396 e. The highest BCUT2D eigenvalue weighted by molar-refractivity contribution is 14.1. The Labute approximate surface area is 105 Å². The summed E-state index contributed by atoms with van der Waals surface area (Å²) in [5.74, 6) is 0.267. The lowest BCUT2D eigenvalue weighted by Crippen LogP contribution is -2.15. The molecule has 0 aromatic carbocycles. The molecule has 0 amide bonds. The van der Waals surface area contributed by atoms with Gasteiger partial charge in [0.05, 0.1) is 3.57 Å². The first kappa shape index (κ1) is 13.5. The van der Waals surface area contributed by atoms with Gasteiger partial charge in [-0.2, -0.15) is 13.2 Å². The van der Waals surface area contributed by atoms with Crippen molar-refractivity contribution >= 4 is 28.4 Å². The Morgan fingerprint density at radius 1 is 1.44 bits per heavy atom. The zero-order valence-electron chi connectivity index (χ0n) is 8.60. The van der Waals surface area contributed by atoms with Crippen molar-refractivity contribution < 1.29 is 13.2 Å². The van der Waals surface area contributed by atoms with E-state index >= 15 is 0 Å². The molecule has 90 valence electrons. The molecular formula is C9H11F3IN3. The highest BCUT2D eigenvalue weighted by atomic mass is 127. The Morgan fingerprint density at radius 3 is 2.69 bits per heavy atom. The Morgan fingerprint density at radius 2 is 2.12 bits per heavy atom. The Balaban J connectivity index is 2.81. The maximum absolute atomic E-state index is 12.1. The second kappa shape index (κ2) is 5.65. The third-order valence-corrected chi connectivity index (χ3v) is 2.48. The van der Waals surface area contributed by atoms with Crippen molar-refractivity contribution in [3.63, 3.8) is 0 Å². The van der Waals surface area contributed by atoms with Crippen LogP contribution >= 0.6 is 22.6 Å². The molecule has 3 nitrogen and oxygen atoms in total. The largest absolute Gasteiger partial charge is 0.396 e. The van der Waals surface area contributed by atoms with E-state index < -0.39 is 12.6 Å². The SMILES string of the molecule is CCCNc1nc(CC(F)(F)F)ncc1I. The van der Waals surface area contributed by atoms with Gasteiger partial charge in [-0.05, 0) is 29.0 Å². The van der Waals surface area contributed by atoms with Gasteiger partial charge in [0, 0.05) is 12.7 Å². The van der Waals surface area contributed by atoms with Gasteiger partial charge in [-0.1, -0.05) is 6.92 Å². The molecule has 0 saturated heterocycles. The quantitative estimate of drug-likeness (QED) is 0.853. The van der Waals surface area contributed by atoms with E-state index in [0.717, 1.165) is 9.99 Å². The monoisotopic (exact) mass is 345 g/mol. The lowest BCUT2D eigenvalue weighted by Gasteiger charge is -2.09. The van der Waals surface area contributed by atoms with E-state index in [4.69, 9.17) is 0 Å². The first-order valence-corrected chi connectivity index (χ1v) is 5.82. The average molecular weight is 345 g/mol. The normalized spacial score (nSPS) is 11.6. The number of nitrogens with one attached hydrogen (secondary N) is 1. The van der Waals surface area contributed by atoms with E-state index in [0.29, 0.717) is 12.4 Å². The molecule has 0 bridgehead atoms. The van der Waals surface area contributed by atoms with Gasteiger partial charge in [0.25, 0.3) is 0 Å². The van der Waals surface area contributed by atoms with Crippen LogP contribution in [-0.2, 0) is 6.42 Å². The molecule has 7 heteroatoms. The minimum absolute atomic E-state index is 0.202. The van der Waals surface area contributed by atoms with E-state index in [1.54, 1.807) is 0 Å². The fourth-order valence-corrected chi connectivity index (χ4v) is 1.49. The van der Waals surface area contributed by atoms with E-state index in [1.165, 1.54) is 6.20 Å². The average Bonchev–Trinajstić information content (AvgIpc) is 2.17. The Hall–Kier alpha value is -0.600. The highest BCUT2D eigenvalue weighted by Gasteiger charge is 2.29. The second-order valence-electron chi connectivity index (χ2n) is 3.20. The van der Waals surface area contributed by atoms with E-state index in [2.05, 4.69) is 15.3 Å². The van der Waals surface area contributed by atoms with Crippen LogP contribution in [0.3, 0.4) is 0 Å². The Kier molecular flexibility index (Phi) is 4.75. The summed E-state index contributed by atoms with van der Waals surface area (Å²) in [6.45, 7) is 2.65. The summed E-state index contributed by atoms with van der Waals surface area (Å²) in [7, 11) is 0. The Bertz CT molecular complexity index is 354. The molecule has 0 atom stereocenters. The van der Waals surface area contributed by atoms with Crippen molar-refractivity contribution in [1.82, 2.24) is 9.97 Å². The molecule has 1 N–H and O–H groups in total. The van der Waals surface area contributed by atoms with Gasteiger partial charge in [0.1, 0.15) is 18.1 Å². The van der Waals surface area contributed by atoms with Crippen molar-refractivity contribution in [3.8, 4) is 0 Å². The summed E-state index contributed by atoms with van der Waals surface area (Å²) in [4.78, 5) is 7.50. The van der Waals surface area contributed by atoms with Crippen LogP contribution in [0.5, 0.6) is 0 Å². The molecule has 0 fully saturated rings. The van der Waals surface area contributed by atoms with Gasteiger partial charge >= 0.3 is 6.18 Å². The number of rotatable bonds is 4. The summed E-state index contributed by atoms with van der Waals surface area (Å²) in [5.41, 5.74) is 0. The summed E-state index contributed by atoms with van der Waals surface area (Å²) >= 11 is 1.99. The number of nitrogens with zero attached hydrogens (tertiary/aromatic N) is 2. The maximum atomic E-state index is 12.1. The van der Waals surface area contributed by atoms with Gasteiger partial charge < -0.3 is 5.32 Å². The van der Waals surface area contributed by atoms with Gasteiger partial charge in [0.15, 0.2) is 0 Å². The van der Waals surface area contributed by atoms with Gasteiger partial charge in [-0.15, -0.1) is 0 Å². The number of aromatic nitrogens is 2. The summed E-state index contributed by atoms with van der Waals surface area (Å²) in [6.07, 6.45) is -3.08. The molecule has 0 spiro atoms. The summed E-state index contributed by atoms with van der Waals surface area (Å²) in [6, 6.07) is 0. The summed E-state index contributed by atoms with van der Waals surface area (Å²) < 4.78 is 37.1. The molecule has 1 aromatic heterocycles.